The van der Waals surface area contributed by atoms with Gasteiger partial charge in [-0.2, -0.15) is 0 Å². The molecule has 0 radical (unpaired) electrons. The topological polar surface area (TPSA) is 44.4 Å². The van der Waals surface area contributed by atoms with Gasteiger partial charge in [0.05, 0.1) is 0 Å². The third-order valence-corrected chi connectivity index (χ3v) is 5.34. The van der Waals surface area contributed by atoms with E-state index in [1.54, 1.807) is 0 Å². The second kappa shape index (κ2) is 10.2. The molecule has 0 saturated carbocycles. The van der Waals surface area contributed by atoms with Crippen LogP contribution in [0, 0.1) is 11.8 Å². The monoisotopic (exact) mass is 309 g/mol. The number of carbonyl (C=O) groups excluding carboxylic acids is 1. The molecule has 0 aromatic carbocycles. The largest absolute Gasteiger partial charge is 0.356 e. The van der Waals surface area contributed by atoms with E-state index in [0.29, 0.717) is 6.42 Å². The molecule has 1 amide bonds. The van der Waals surface area contributed by atoms with E-state index < -0.39 is 0 Å². The fourth-order valence-corrected chi connectivity index (χ4v) is 3.57. The Balaban J connectivity index is 1.42. The molecule has 0 aromatic rings. The fourth-order valence-electron chi connectivity index (χ4n) is 3.57. The number of nitrogens with one attached hydrogen (secondary N) is 2. The molecular formula is C18H35N3O. The molecule has 2 fully saturated rings. The van der Waals surface area contributed by atoms with Gasteiger partial charge in [-0.3, -0.25) is 4.79 Å². The third-order valence-electron chi connectivity index (χ3n) is 5.34. The van der Waals surface area contributed by atoms with Gasteiger partial charge < -0.3 is 15.5 Å². The van der Waals surface area contributed by atoms with Crippen molar-refractivity contribution in [3.63, 3.8) is 0 Å². The summed E-state index contributed by atoms with van der Waals surface area (Å²) in [5.41, 5.74) is 0. The van der Waals surface area contributed by atoms with Crippen molar-refractivity contribution in [2.75, 3.05) is 39.3 Å². The molecule has 0 aliphatic carbocycles. The van der Waals surface area contributed by atoms with Crippen molar-refractivity contribution >= 4 is 5.91 Å². The molecule has 2 heterocycles. The Kier molecular flexibility index (Phi) is 8.24. The summed E-state index contributed by atoms with van der Waals surface area (Å²) in [5, 5.41) is 6.47. The zero-order chi connectivity index (χ0) is 15.6. The van der Waals surface area contributed by atoms with E-state index in [0.717, 1.165) is 44.3 Å². The summed E-state index contributed by atoms with van der Waals surface area (Å²) in [7, 11) is 0. The molecule has 22 heavy (non-hydrogen) atoms. The lowest BCUT2D eigenvalue weighted by Crippen LogP contribution is -2.34. The van der Waals surface area contributed by atoms with Crippen LogP contribution in [0.5, 0.6) is 0 Å². The van der Waals surface area contributed by atoms with Gasteiger partial charge in [-0.15, -0.1) is 0 Å². The van der Waals surface area contributed by atoms with Gasteiger partial charge in [-0.25, -0.2) is 0 Å². The lowest BCUT2D eigenvalue weighted by Gasteiger charge is -2.30. The van der Waals surface area contributed by atoms with Gasteiger partial charge in [-0.1, -0.05) is 6.92 Å². The molecule has 0 atom stereocenters. The Morgan fingerprint density at radius 1 is 1.14 bits per heavy atom. The maximum absolute atomic E-state index is 11.8. The van der Waals surface area contributed by atoms with Crippen molar-refractivity contribution in [2.24, 2.45) is 11.8 Å². The molecule has 4 nitrogen and oxygen atoms in total. The molecule has 2 aliphatic heterocycles. The highest BCUT2D eigenvalue weighted by Gasteiger charge is 2.15. The van der Waals surface area contributed by atoms with Gasteiger partial charge >= 0.3 is 0 Å². The first-order valence-electron chi connectivity index (χ1n) is 9.44. The molecule has 2 N–H and O–H groups in total. The van der Waals surface area contributed by atoms with Gasteiger partial charge in [-0.05, 0) is 89.5 Å². The molecule has 0 unspecified atom stereocenters. The summed E-state index contributed by atoms with van der Waals surface area (Å²) in [4.78, 5) is 14.4. The number of rotatable bonds is 8. The number of hydrogen-bond acceptors (Lipinski definition) is 3. The van der Waals surface area contributed by atoms with Crippen molar-refractivity contribution in [1.82, 2.24) is 15.5 Å². The van der Waals surface area contributed by atoms with Crippen molar-refractivity contribution in [2.45, 2.75) is 58.3 Å². The average Bonchev–Trinajstić information content (AvgIpc) is 2.55. The predicted molar refractivity (Wildman–Crippen MR) is 91.9 cm³/mol. The Labute approximate surface area is 136 Å². The van der Waals surface area contributed by atoms with Gasteiger partial charge in [0.25, 0.3) is 0 Å². The molecule has 2 saturated heterocycles. The number of hydrogen-bond donors (Lipinski definition) is 2. The summed E-state index contributed by atoms with van der Waals surface area (Å²) in [6.07, 6.45) is 9.30. The van der Waals surface area contributed by atoms with Crippen LogP contribution in [-0.4, -0.2) is 50.1 Å². The molecule has 4 heteroatoms. The van der Waals surface area contributed by atoms with Crippen molar-refractivity contribution in [3.05, 3.63) is 0 Å². The molecule has 2 rings (SSSR count). The van der Waals surface area contributed by atoms with Crippen molar-refractivity contribution in [1.29, 1.82) is 0 Å². The number of amides is 1. The van der Waals surface area contributed by atoms with Gasteiger partial charge in [0.2, 0.25) is 5.91 Å². The van der Waals surface area contributed by atoms with Crippen LogP contribution in [0.4, 0.5) is 0 Å². The van der Waals surface area contributed by atoms with E-state index >= 15 is 0 Å². The highest BCUT2D eigenvalue weighted by molar-refractivity contribution is 5.75. The van der Waals surface area contributed by atoms with Crippen LogP contribution in [0.1, 0.15) is 58.3 Å². The van der Waals surface area contributed by atoms with Crippen LogP contribution >= 0.6 is 0 Å². The van der Waals surface area contributed by atoms with E-state index in [-0.39, 0.29) is 5.91 Å². The number of carbonyl (C=O) groups is 1. The van der Waals surface area contributed by atoms with Crippen LogP contribution in [0.3, 0.4) is 0 Å². The first-order valence-corrected chi connectivity index (χ1v) is 9.44. The number of likely N-dealkylation sites (tertiary alicyclic amines) is 1. The quantitative estimate of drug-likeness (QED) is 0.677. The molecule has 0 spiro atoms. The molecular weight excluding hydrogens is 274 g/mol. The smallest absolute Gasteiger partial charge is 0.220 e. The first kappa shape index (κ1) is 17.7. The van der Waals surface area contributed by atoms with E-state index in [4.69, 9.17) is 0 Å². The highest BCUT2D eigenvalue weighted by atomic mass is 16.1. The lowest BCUT2D eigenvalue weighted by molar-refractivity contribution is -0.121. The molecule has 0 bridgehead atoms. The van der Waals surface area contributed by atoms with Crippen LogP contribution in [0.2, 0.25) is 0 Å². The summed E-state index contributed by atoms with van der Waals surface area (Å²) >= 11 is 0. The number of piperidine rings is 2. The SMILES string of the molecule is CC1CCN(CCCCNC(=O)CCC2CCNCC2)CC1. The van der Waals surface area contributed by atoms with Gasteiger partial charge in [0.1, 0.15) is 0 Å². The Bertz CT molecular complexity index is 307. The minimum Gasteiger partial charge on any atom is -0.356 e. The molecule has 128 valence electrons. The van der Waals surface area contributed by atoms with E-state index in [1.165, 1.54) is 51.7 Å². The van der Waals surface area contributed by atoms with Crippen molar-refractivity contribution < 1.29 is 4.79 Å². The summed E-state index contributed by atoms with van der Waals surface area (Å²) in [6.45, 7) is 9.21. The Morgan fingerprint density at radius 2 is 1.86 bits per heavy atom. The molecule has 0 aromatic heterocycles. The van der Waals surface area contributed by atoms with Gasteiger partial charge in [0, 0.05) is 13.0 Å². The minimum atomic E-state index is 0.255. The van der Waals surface area contributed by atoms with Crippen LogP contribution < -0.4 is 10.6 Å². The van der Waals surface area contributed by atoms with E-state index in [2.05, 4.69) is 22.5 Å². The van der Waals surface area contributed by atoms with Crippen LogP contribution in [0.25, 0.3) is 0 Å². The van der Waals surface area contributed by atoms with Gasteiger partial charge in [0.15, 0.2) is 0 Å². The normalized spacial score (nSPS) is 21.9. The Hall–Kier alpha value is -0.610. The predicted octanol–water partition coefficient (Wildman–Crippen LogP) is 2.39. The van der Waals surface area contributed by atoms with Crippen LogP contribution in [0.15, 0.2) is 0 Å². The van der Waals surface area contributed by atoms with E-state index in [1.807, 2.05) is 0 Å². The maximum Gasteiger partial charge on any atom is 0.220 e. The Morgan fingerprint density at radius 3 is 2.59 bits per heavy atom. The van der Waals surface area contributed by atoms with Crippen molar-refractivity contribution in [3.8, 4) is 0 Å². The highest BCUT2D eigenvalue weighted by Crippen LogP contribution is 2.17. The zero-order valence-corrected chi connectivity index (χ0v) is 14.4. The third kappa shape index (κ3) is 7.10. The summed E-state index contributed by atoms with van der Waals surface area (Å²) < 4.78 is 0. The average molecular weight is 309 g/mol. The second-order valence-electron chi connectivity index (χ2n) is 7.31. The number of unbranched alkanes of at least 4 members (excludes halogenated alkanes) is 1. The summed E-state index contributed by atoms with van der Waals surface area (Å²) in [5.74, 6) is 1.93. The zero-order valence-electron chi connectivity index (χ0n) is 14.4. The standard InChI is InChI=1S/C18H35N3O/c1-16-8-14-21(15-9-16)13-3-2-10-20-18(22)5-4-17-6-11-19-12-7-17/h16-17,19H,2-15H2,1H3,(H,20,22). The fraction of sp³-hybridized carbons (Fsp3) is 0.944. The van der Waals surface area contributed by atoms with Crippen LogP contribution in [-0.2, 0) is 4.79 Å². The lowest BCUT2D eigenvalue weighted by atomic mass is 9.93. The maximum atomic E-state index is 11.8. The molecule has 2 aliphatic rings. The minimum absolute atomic E-state index is 0.255. The summed E-state index contributed by atoms with van der Waals surface area (Å²) in [6, 6.07) is 0. The number of nitrogens with zero attached hydrogens (tertiary/aromatic N) is 1. The second-order valence-corrected chi connectivity index (χ2v) is 7.31. The first-order chi connectivity index (χ1) is 10.7. The van der Waals surface area contributed by atoms with E-state index in [9.17, 15) is 4.79 Å².